The summed E-state index contributed by atoms with van der Waals surface area (Å²) in [6.45, 7) is 4.66. The quantitative estimate of drug-likeness (QED) is 0.178. The summed E-state index contributed by atoms with van der Waals surface area (Å²) in [6, 6.07) is 64.6. The van der Waals surface area contributed by atoms with Gasteiger partial charge in [-0.15, -0.1) is 0 Å². The van der Waals surface area contributed by atoms with Crippen molar-refractivity contribution in [2.75, 3.05) is 0 Å². The average Bonchev–Trinajstić information content (AvgIpc) is 3.59. The molecule has 10 aromatic rings. The minimum atomic E-state index is -0.117. The number of hydrogen-bond acceptors (Lipinski definition) is 3. The first kappa shape index (κ1) is 32.3. The van der Waals surface area contributed by atoms with Crippen molar-refractivity contribution in [3.05, 3.63) is 193 Å². The number of para-hydroxylation sites is 1. The van der Waals surface area contributed by atoms with Gasteiger partial charge in [-0.25, -0.2) is 15.0 Å². The fourth-order valence-corrected chi connectivity index (χ4v) is 8.86. The minimum absolute atomic E-state index is 0.117. The van der Waals surface area contributed by atoms with Crippen molar-refractivity contribution in [2.45, 2.75) is 19.3 Å². The molecule has 3 heterocycles. The molecule has 264 valence electrons. The van der Waals surface area contributed by atoms with Gasteiger partial charge in [-0.3, -0.25) is 4.57 Å². The van der Waals surface area contributed by atoms with Gasteiger partial charge in [-0.05, 0) is 75.8 Å². The molecule has 1 aliphatic carbocycles. The molecule has 0 atom stereocenters. The molecule has 0 fully saturated rings. The van der Waals surface area contributed by atoms with Gasteiger partial charge in [0.2, 0.25) is 0 Å². The second-order valence-electron chi connectivity index (χ2n) is 15.3. The molecule has 0 radical (unpaired) electrons. The molecule has 11 rings (SSSR count). The number of nitrogens with zero attached hydrogens (tertiary/aromatic N) is 4. The number of benzene rings is 7. The molecular formula is C52H36N4. The largest absolute Gasteiger partial charge is 0.294 e. The van der Waals surface area contributed by atoms with Crippen molar-refractivity contribution in [1.82, 2.24) is 19.5 Å². The van der Waals surface area contributed by atoms with Crippen LogP contribution in [0.4, 0.5) is 0 Å². The van der Waals surface area contributed by atoms with Crippen LogP contribution in [0.2, 0.25) is 0 Å². The van der Waals surface area contributed by atoms with Crippen molar-refractivity contribution >= 4 is 32.7 Å². The molecule has 0 spiro atoms. The second kappa shape index (κ2) is 12.4. The third-order valence-corrected chi connectivity index (χ3v) is 11.6. The van der Waals surface area contributed by atoms with Crippen molar-refractivity contribution in [2.24, 2.45) is 0 Å². The summed E-state index contributed by atoms with van der Waals surface area (Å²) in [5.74, 6) is 1.62. The predicted octanol–water partition coefficient (Wildman–Crippen LogP) is 13.1. The first-order valence-corrected chi connectivity index (χ1v) is 19.2. The number of hydrogen-bond donors (Lipinski definition) is 0. The summed E-state index contributed by atoms with van der Waals surface area (Å²) in [6.07, 6.45) is 0. The number of rotatable bonds is 5. The molecule has 0 unspecified atom stereocenters. The molecule has 4 heteroatoms. The molecular weight excluding hydrogens is 681 g/mol. The van der Waals surface area contributed by atoms with E-state index in [9.17, 15) is 0 Å². The Bertz CT molecular complexity index is 3100. The highest BCUT2D eigenvalue weighted by molar-refractivity contribution is 6.11. The lowest BCUT2D eigenvalue weighted by atomic mass is 9.69. The molecule has 7 aromatic carbocycles. The highest BCUT2D eigenvalue weighted by Gasteiger charge is 2.34. The van der Waals surface area contributed by atoms with Crippen molar-refractivity contribution in [3.63, 3.8) is 0 Å². The van der Waals surface area contributed by atoms with Gasteiger partial charge >= 0.3 is 0 Å². The SMILES string of the molecule is CC1(C)c2ccccc2-c2cc(-n3c4ccccc4c4cc(-c5cccc(-c6nc(-c7ccccc7)cc(-c7ccccc7)n6)c5)ccc43)nc3cccc1c23. The van der Waals surface area contributed by atoms with E-state index in [-0.39, 0.29) is 5.41 Å². The van der Waals surface area contributed by atoms with E-state index < -0.39 is 0 Å². The van der Waals surface area contributed by atoms with Crippen molar-refractivity contribution in [3.8, 4) is 62.0 Å². The van der Waals surface area contributed by atoms with Crippen LogP contribution in [0.15, 0.2) is 182 Å². The lowest BCUT2D eigenvalue weighted by molar-refractivity contribution is 0.645. The molecule has 0 saturated heterocycles. The molecule has 0 aliphatic heterocycles. The molecule has 1 aliphatic rings. The maximum atomic E-state index is 5.39. The van der Waals surface area contributed by atoms with Crippen LogP contribution >= 0.6 is 0 Å². The third-order valence-electron chi connectivity index (χ3n) is 11.6. The Kier molecular flexibility index (Phi) is 7.17. The third kappa shape index (κ3) is 5.03. The molecule has 56 heavy (non-hydrogen) atoms. The van der Waals surface area contributed by atoms with Gasteiger partial charge in [-0.1, -0.05) is 153 Å². The van der Waals surface area contributed by atoms with Crippen LogP contribution in [0.3, 0.4) is 0 Å². The molecule has 0 amide bonds. The van der Waals surface area contributed by atoms with Crippen LogP contribution in [0.25, 0.3) is 94.7 Å². The Balaban J connectivity index is 1.06. The maximum absolute atomic E-state index is 5.39. The lowest BCUT2D eigenvalue weighted by Gasteiger charge is -2.35. The summed E-state index contributed by atoms with van der Waals surface area (Å²) < 4.78 is 2.34. The number of fused-ring (bicyclic) bond motifs is 5. The smallest absolute Gasteiger partial charge is 0.160 e. The normalized spacial score (nSPS) is 13.0. The van der Waals surface area contributed by atoms with Gasteiger partial charge < -0.3 is 0 Å². The molecule has 4 nitrogen and oxygen atoms in total. The Morgan fingerprint density at radius 2 is 1.02 bits per heavy atom. The van der Waals surface area contributed by atoms with E-state index in [4.69, 9.17) is 15.0 Å². The maximum Gasteiger partial charge on any atom is 0.160 e. The number of aromatic nitrogens is 4. The fourth-order valence-electron chi connectivity index (χ4n) is 8.86. The first-order chi connectivity index (χ1) is 27.5. The summed E-state index contributed by atoms with van der Waals surface area (Å²) in [7, 11) is 0. The minimum Gasteiger partial charge on any atom is -0.294 e. The summed E-state index contributed by atoms with van der Waals surface area (Å²) in [5, 5.41) is 3.62. The van der Waals surface area contributed by atoms with Crippen LogP contribution in [0, 0.1) is 0 Å². The van der Waals surface area contributed by atoms with E-state index in [1.807, 2.05) is 12.1 Å². The van der Waals surface area contributed by atoms with Gasteiger partial charge in [0, 0.05) is 38.3 Å². The van der Waals surface area contributed by atoms with Gasteiger partial charge in [0.05, 0.1) is 27.9 Å². The van der Waals surface area contributed by atoms with E-state index in [0.717, 1.165) is 61.6 Å². The summed E-state index contributed by atoms with van der Waals surface area (Å²) in [4.78, 5) is 15.6. The lowest BCUT2D eigenvalue weighted by Crippen LogP contribution is -2.23. The van der Waals surface area contributed by atoms with Crippen LogP contribution in [0.1, 0.15) is 25.0 Å². The highest BCUT2D eigenvalue weighted by atomic mass is 15.1. The predicted molar refractivity (Wildman–Crippen MR) is 231 cm³/mol. The van der Waals surface area contributed by atoms with E-state index in [1.54, 1.807) is 0 Å². The van der Waals surface area contributed by atoms with E-state index in [1.165, 1.54) is 38.4 Å². The van der Waals surface area contributed by atoms with Crippen LogP contribution in [-0.2, 0) is 5.41 Å². The van der Waals surface area contributed by atoms with E-state index in [0.29, 0.717) is 5.82 Å². The monoisotopic (exact) mass is 716 g/mol. The van der Waals surface area contributed by atoms with E-state index >= 15 is 0 Å². The van der Waals surface area contributed by atoms with Gasteiger partial charge in [-0.2, -0.15) is 0 Å². The Morgan fingerprint density at radius 3 is 1.80 bits per heavy atom. The van der Waals surface area contributed by atoms with Crippen LogP contribution in [0.5, 0.6) is 0 Å². The standard InChI is InChI=1S/C52H36N4/c1-52(2)42-23-11-9-21-38(42)41-31-49(53-44-25-14-24-43(52)50(41)44)56-47-26-12-10-22-39(47)40-30-36(27-28-48(40)56)35-19-13-20-37(29-35)51-54-45(33-15-5-3-6-16-33)32-46(55-51)34-17-7-4-8-18-34/h3-32H,1-2H3. The Labute approximate surface area is 325 Å². The zero-order valence-corrected chi connectivity index (χ0v) is 31.1. The Hall–Kier alpha value is -7.17. The van der Waals surface area contributed by atoms with Crippen LogP contribution in [-0.4, -0.2) is 19.5 Å². The average molecular weight is 717 g/mol. The molecule has 0 saturated carbocycles. The fraction of sp³-hybridized carbons (Fsp3) is 0.0577. The Morgan fingerprint density at radius 1 is 0.411 bits per heavy atom. The van der Waals surface area contributed by atoms with Gasteiger partial charge in [0.1, 0.15) is 5.82 Å². The molecule has 3 aromatic heterocycles. The number of pyridine rings is 1. The van der Waals surface area contributed by atoms with Crippen LogP contribution < -0.4 is 0 Å². The highest BCUT2D eigenvalue weighted by Crippen LogP contribution is 2.49. The zero-order chi connectivity index (χ0) is 37.4. The first-order valence-electron chi connectivity index (χ1n) is 19.2. The van der Waals surface area contributed by atoms with Gasteiger partial charge in [0.15, 0.2) is 5.82 Å². The molecule has 0 N–H and O–H groups in total. The van der Waals surface area contributed by atoms with Crippen molar-refractivity contribution in [1.29, 1.82) is 0 Å². The topological polar surface area (TPSA) is 43.6 Å². The summed E-state index contributed by atoms with van der Waals surface area (Å²) >= 11 is 0. The second-order valence-corrected chi connectivity index (χ2v) is 15.3. The van der Waals surface area contributed by atoms with Crippen molar-refractivity contribution < 1.29 is 0 Å². The zero-order valence-electron chi connectivity index (χ0n) is 31.1. The molecule has 0 bridgehead atoms. The van der Waals surface area contributed by atoms with E-state index in [2.05, 4.69) is 188 Å². The summed E-state index contributed by atoms with van der Waals surface area (Å²) in [5.41, 5.74) is 15.5. The van der Waals surface area contributed by atoms with Gasteiger partial charge in [0.25, 0.3) is 0 Å².